The van der Waals surface area contributed by atoms with E-state index < -0.39 is 8.53 Å². The van der Waals surface area contributed by atoms with Gasteiger partial charge in [-0.15, -0.1) is 0 Å². The van der Waals surface area contributed by atoms with Crippen molar-refractivity contribution in [2.75, 3.05) is 27.2 Å². The van der Waals surface area contributed by atoms with Gasteiger partial charge in [-0.05, 0) is 95.2 Å². The van der Waals surface area contributed by atoms with Crippen LogP contribution in [-0.2, 0) is 9.05 Å². The first-order chi connectivity index (χ1) is 13.6. The Labute approximate surface area is 188 Å². The molecule has 0 spiro atoms. The fourth-order valence-corrected chi connectivity index (χ4v) is 7.16. The summed E-state index contributed by atoms with van der Waals surface area (Å²) < 4.78 is 16.1. The van der Waals surface area contributed by atoms with Gasteiger partial charge in [0.1, 0.15) is 0 Å². The average Bonchev–Trinajstić information content (AvgIpc) is 2.57. The summed E-state index contributed by atoms with van der Waals surface area (Å²) in [5.41, 5.74) is 0.477. The summed E-state index contributed by atoms with van der Waals surface area (Å²) in [7, 11) is 3.44. The Balaban J connectivity index is 2.19. The largest absolute Gasteiger partial charge is 0.318 e. The minimum absolute atomic E-state index is 0.119. The van der Waals surface area contributed by atoms with Crippen LogP contribution in [0.2, 0.25) is 0 Å². The molecular formula is C24H50N3O2P. The van der Waals surface area contributed by atoms with Crippen molar-refractivity contribution in [3.8, 4) is 0 Å². The van der Waals surface area contributed by atoms with Crippen LogP contribution in [0, 0.1) is 0 Å². The number of piperidine rings is 2. The molecule has 0 saturated carbocycles. The summed E-state index contributed by atoms with van der Waals surface area (Å²) in [5.74, 6) is 0. The van der Waals surface area contributed by atoms with Gasteiger partial charge in [0, 0.05) is 35.2 Å². The lowest BCUT2D eigenvalue weighted by Crippen LogP contribution is -2.60. The van der Waals surface area contributed by atoms with E-state index >= 15 is 0 Å². The number of rotatable bonds is 7. The lowest BCUT2D eigenvalue weighted by atomic mass is 9.79. The van der Waals surface area contributed by atoms with E-state index in [1.807, 2.05) is 0 Å². The predicted octanol–water partition coefficient (Wildman–Crippen LogP) is 5.89. The molecular weight excluding hydrogens is 393 g/mol. The topological polar surface area (TPSA) is 28.2 Å². The van der Waals surface area contributed by atoms with Crippen LogP contribution in [0.5, 0.6) is 0 Å². The normalized spacial score (nSPS) is 27.8. The van der Waals surface area contributed by atoms with Crippen molar-refractivity contribution in [1.82, 2.24) is 14.5 Å². The molecule has 0 unspecified atom stereocenters. The quantitative estimate of drug-likeness (QED) is 0.457. The highest BCUT2D eigenvalue weighted by Gasteiger charge is 2.47. The average molecular weight is 444 g/mol. The van der Waals surface area contributed by atoms with Crippen LogP contribution in [-0.4, -0.2) is 76.0 Å². The summed E-state index contributed by atoms with van der Waals surface area (Å²) in [6.07, 6.45) is 4.62. The van der Waals surface area contributed by atoms with Gasteiger partial charge < -0.3 is 9.05 Å². The third-order valence-electron chi connectivity index (χ3n) is 7.98. The molecule has 0 N–H and O–H groups in total. The molecule has 2 heterocycles. The van der Waals surface area contributed by atoms with Crippen molar-refractivity contribution in [1.29, 1.82) is 0 Å². The molecule has 0 aromatic carbocycles. The van der Waals surface area contributed by atoms with Gasteiger partial charge in [0.05, 0.1) is 12.2 Å². The van der Waals surface area contributed by atoms with Crippen LogP contribution in [0.4, 0.5) is 0 Å². The fourth-order valence-electron chi connectivity index (χ4n) is 5.58. The molecule has 0 bridgehead atoms. The molecule has 2 rings (SSSR count). The third-order valence-corrected chi connectivity index (χ3v) is 9.96. The molecule has 0 radical (unpaired) electrons. The van der Waals surface area contributed by atoms with Crippen LogP contribution in [0.15, 0.2) is 0 Å². The molecule has 0 aromatic heterocycles. The van der Waals surface area contributed by atoms with Crippen LogP contribution in [0.1, 0.15) is 94.9 Å². The molecule has 0 atom stereocenters. The highest BCUT2D eigenvalue weighted by atomic mass is 31.2. The zero-order chi connectivity index (χ0) is 23.1. The summed E-state index contributed by atoms with van der Waals surface area (Å²) in [6, 6.07) is 0. The first kappa shape index (κ1) is 26.5. The Morgan fingerprint density at radius 3 is 1.17 bits per heavy atom. The molecule has 178 valence electrons. The maximum atomic E-state index is 6.85. The molecule has 0 amide bonds. The second-order valence-electron chi connectivity index (χ2n) is 12.0. The van der Waals surface area contributed by atoms with Gasteiger partial charge in [-0.3, -0.25) is 9.80 Å². The minimum Gasteiger partial charge on any atom is -0.318 e. The van der Waals surface area contributed by atoms with Crippen molar-refractivity contribution in [2.45, 2.75) is 129 Å². The lowest BCUT2D eigenvalue weighted by Gasteiger charge is -2.55. The van der Waals surface area contributed by atoms with E-state index in [-0.39, 0.29) is 34.4 Å². The monoisotopic (exact) mass is 443 g/mol. The van der Waals surface area contributed by atoms with Crippen molar-refractivity contribution in [3.63, 3.8) is 0 Å². The summed E-state index contributed by atoms with van der Waals surface area (Å²) >= 11 is 0. The molecule has 2 saturated heterocycles. The second-order valence-corrected chi connectivity index (χ2v) is 13.5. The Morgan fingerprint density at radius 1 is 0.667 bits per heavy atom. The van der Waals surface area contributed by atoms with Gasteiger partial charge in [0.15, 0.2) is 0 Å². The summed E-state index contributed by atoms with van der Waals surface area (Å²) in [4.78, 5) is 5.03. The summed E-state index contributed by atoms with van der Waals surface area (Å²) in [5, 5.41) is 0. The SMILES string of the molecule is CCN(CC)P(OC1CC(C)(C)N(C)C(C)(C)C1)OC1CC(C)(C)N(C)C(C)(C)C1. The van der Waals surface area contributed by atoms with Crippen LogP contribution in [0.25, 0.3) is 0 Å². The Morgan fingerprint density at radius 2 is 0.933 bits per heavy atom. The zero-order valence-electron chi connectivity index (χ0n) is 22.0. The minimum atomic E-state index is -1.07. The van der Waals surface area contributed by atoms with E-state index in [4.69, 9.17) is 9.05 Å². The predicted molar refractivity (Wildman–Crippen MR) is 130 cm³/mol. The fraction of sp³-hybridized carbons (Fsp3) is 1.00. The molecule has 2 fully saturated rings. The van der Waals surface area contributed by atoms with Gasteiger partial charge in [0.25, 0.3) is 8.53 Å². The van der Waals surface area contributed by atoms with Gasteiger partial charge in [-0.1, -0.05) is 13.8 Å². The smallest absolute Gasteiger partial charge is 0.259 e. The Bertz CT molecular complexity index is 495. The van der Waals surface area contributed by atoms with E-state index in [0.717, 1.165) is 38.8 Å². The number of hydrogen-bond acceptors (Lipinski definition) is 5. The van der Waals surface area contributed by atoms with Crippen LogP contribution in [0.3, 0.4) is 0 Å². The highest BCUT2D eigenvalue weighted by molar-refractivity contribution is 7.44. The van der Waals surface area contributed by atoms with Crippen molar-refractivity contribution in [2.24, 2.45) is 0 Å². The van der Waals surface area contributed by atoms with Gasteiger partial charge in [-0.2, -0.15) is 0 Å². The Kier molecular flexibility index (Phi) is 8.15. The summed E-state index contributed by atoms with van der Waals surface area (Å²) in [6.45, 7) is 25.1. The van der Waals surface area contributed by atoms with Gasteiger partial charge >= 0.3 is 0 Å². The Hall–Kier alpha value is 0.230. The van der Waals surface area contributed by atoms with Crippen molar-refractivity contribution in [3.05, 3.63) is 0 Å². The third kappa shape index (κ3) is 5.77. The van der Waals surface area contributed by atoms with Crippen molar-refractivity contribution < 1.29 is 9.05 Å². The second kappa shape index (κ2) is 9.23. The molecule has 2 aliphatic rings. The molecule has 6 heteroatoms. The van der Waals surface area contributed by atoms with Crippen LogP contribution >= 0.6 is 8.53 Å². The van der Waals surface area contributed by atoms with Crippen molar-refractivity contribution >= 4 is 8.53 Å². The van der Waals surface area contributed by atoms with Crippen LogP contribution < -0.4 is 0 Å². The van der Waals surface area contributed by atoms with E-state index in [9.17, 15) is 0 Å². The van der Waals surface area contributed by atoms with Gasteiger partial charge in [-0.25, -0.2) is 4.67 Å². The lowest BCUT2D eigenvalue weighted by molar-refractivity contribution is -0.0735. The zero-order valence-corrected chi connectivity index (χ0v) is 22.9. The molecule has 0 aliphatic carbocycles. The number of nitrogens with zero attached hydrogens (tertiary/aromatic N) is 3. The van der Waals surface area contributed by atoms with Gasteiger partial charge in [0.2, 0.25) is 0 Å². The van der Waals surface area contributed by atoms with E-state index in [1.54, 1.807) is 0 Å². The molecule has 0 aromatic rings. The van der Waals surface area contributed by atoms with E-state index in [2.05, 4.69) is 97.8 Å². The number of hydrogen-bond donors (Lipinski definition) is 0. The molecule has 5 nitrogen and oxygen atoms in total. The van der Waals surface area contributed by atoms with E-state index in [0.29, 0.717) is 0 Å². The number of likely N-dealkylation sites (tertiary alicyclic amines) is 2. The molecule has 30 heavy (non-hydrogen) atoms. The first-order valence-corrected chi connectivity index (χ1v) is 13.0. The maximum Gasteiger partial charge on any atom is 0.259 e. The van der Waals surface area contributed by atoms with E-state index in [1.165, 1.54) is 0 Å². The standard InChI is InChI=1S/C24H50N3O2P/c1-13-27(14-2)30(28-19-15-21(3,4)25(11)22(5,6)16-19)29-20-17-23(7,8)26(12)24(9,10)18-20/h19-20H,13-18H2,1-12H3. The first-order valence-electron chi connectivity index (χ1n) is 11.9. The highest BCUT2D eigenvalue weighted by Crippen LogP contribution is 2.52. The molecule has 2 aliphatic heterocycles. The maximum absolute atomic E-state index is 6.85.